The summed E-state index contributed by atoms with van der Waals surface area (Å²) < 4.78 is 4.96. The van der Waals surface area contributed by atoms with E-state index in [0.717, 1.165) is 5.69 Å². The van der Waals surface area contributed by atoms with Crippen LogP contribution in [0.3, 0.4) is 0 Å². The van der Waals surface area contributed by atoms with Gasteiger partial charge in [-0.25, -0.2) is 9.97 Å². The Bertz CT molecular complexity index is 411. The van der Waals surface area contributed by atoms with Crippen LogP contribution in [-0.4, -0.2) is 47.3 Å². The Morgan fingerprint density at radius 2 is 2.44 bits per heavy atom. The molecule has 0 atom stereocenters. The normalized spacial score (nSPS) is 14.4. The largest absolute Gasteiger partial charge is 0.383 e. The lowest BCUT2D eigenvalue weighted by Gasteiger charge is -2.13. The van der Waals surface area contributed by atoms with E-state index < -0.39 is 0 Å². The van der Waals surface area contributed by atoms with E-state index in [2.05, 4.69) is 9.97 Å². The van der Waals surface area contributed by atoms with Crippen molar-refractivity contribution in [2.45, 2.75) is 11.7 Å². The molecule has 2 rings (SSSR count). The second-order valence-corrected chi connectivity index (χ2v) is 4.21. The number of hydrogen-bond acceptors (Lipinski definition) is 5. The number of carbonyl (C=O) groups excluding carboxylic acids is 1. The zero-order valence-electron chi connectivity index (χ0n) is 9.27. The smallest absolute Gasteiger partial charge is 0.257 e. The van der Waals surface area contributed by atoms with Gasteiger partial charge in [0.2, 0.25) is 0 Å². The molecule has 1 aromatic heterocycles. The van der Waals surface area contributed by atoms with Crippen LogP contribution in [0.15, 0.2) is 11.4 Å². The standard InChI is InChI=1S/C10H13N3O2S/c1-15-4-3-13-6-8-7(9(13)14)5-11-10(12-8)16-2/h5H,3-4,6H2,1-2H3. The van der Waals surface area contributed by atoms with Gasteiger partial charge < -0.3 is 9.64 Å². The topological polar surface area (TPSA) is 55.3 Å². The summed E-state index contributed by atoms with van der Waals surface area (Å²) in [6.07, 6.45) is 3.53. The Labute approximate surface area is 98.2 Å². The average Bonchev–Trinajstić information content (AvgIpc) is 2.63. The van der Waals surface area contributed by atoms with Crippen molar-refractivity contribution in [1.29, 1.82) is 0 Å². The lowest BCUT2D eigenvalue weighted by molar-refractivity contribution is 0.0718. The molecule has 1 amide bonds. The lowest BCUT2D eigenvalue weighted by Crippen LogP contribution is -2.27. The van der Waals surface area contributed by atoms with E-state index in [4.69, 9.17) is 4.74 Å². The van der Waals surface area contributed by atoms with E-state index in [0.29, 0.717) is 30.4 Å². The van der Waals surface area contributed by atoms with Gasteiger partial charge in [0.25, 0.3) is 5.91 Å². The molecule has 0 N–H and O–H groups in total. The molecule has 0 aromatic carbocycles. The maximum Gasteiger partial charge on any atom is 0.257 e. The minimum Gasteiger partial charge on any atom is -0.383 e. The Morgan fingerprint density at radius 1 is 1.62 bits per heavy atom. The van der Waals surface area contributed by atoms with Crippen LogP contribution in [0.5, 0.6) is 0 Å². The van der Waals surface area contributed by atoms with Crippen molar-refractivity contribution in [2.75, 3.05) is 26.5 Å². The molecule has 1 aliphatic rings. The van der Waals surface area contributed by atoms with Gasteiger partial charge in [0.1, 0.15) is 0 Å². The molecule has 0 spiro atoms. The van der Waals surface area contributed by atoms with Crippen molar-refractivity contribution in [3.05, 3.63) is 17.5 Å². The zero-order chi connectivity index (χ0) is 11.5. The van der Waals surface area contributed by atoms with Gasteiger partial charge in [0.05, 0.1) is 24.4 Å². The van der Waals surface area contributed by atoms with Crippen LogP contribution in [0.25, 0.3) is 0 Å². The van der Waals surface area contributed by atoms with Gasteiger partial charge in [-0.2, -0.15) is 0 Å². The summed E-state index contributed by atoms with van der Waals surface area (Å²) in [5.41, 5.74) is 1.44. The Balaban J connectivity index is 2.17. The third kappa shape index (κ3) is 2.03. The molecule has 2 heterocycles. The second-order valence-electron chi connectivity index (χ2n) is 3.44. The summed E-state index contributed by atoms with van der Waals surface area (Å²) in [7, 11) is 1.62. The minimum atomic E-state index is -0.000275. The van der Waals surface area contributed by atoms with E-state index in [1.54, 1.807) is 18.2 Å². The Morgan fingerprint density at radius 3 is 3.12 bits per heavy atom. The fourth-order valence-electron chi connectivity index (χ4n) is 1.60. The van der Waals surface area contributed by atoms with Crippen molar-refractivity contribution in [3.8, 4) is 0 Å². The fraction of sp³-hybridized carbons (Fsp3) is 0.500. The quantitative estimate of drug-likeness (QED) is 0.574. The fourth-order valence-corrected chi connectivity index (χ4v) is 1.96. The molecule has 0 saturated carbocycles. The highest BCUT2D eigenvalue weighted by atomic mass is 32.2. The molecule has 16 heavy (non-hydrogen) atoms. The molecule has 0 aliphatic carbocycles. The molecule has 1 aromatic rings. The van der Waals surface area contributed by atoms with E-state index in [9.17, 15) is 4.79 Å². The number of carbonyl (C=O) groups is 1. The summed E-state index contributed by atoms with van der Waals surface area (Å²) in [6.45, 7) is 1.70. The number of methoxy groups -OCH3 is 1. The highest BCUT2D eigenvalue weighted by Gasteiger charge is 2.28. The molecule has 0 fully saturated rings. The SMILES string of the molecule is COCCN1Cc2nc(SC)ncc2C1=O. The second kappa shape index (κ2) is 4.80. The first kappa shape index (κ1) is 11.3. The van der Waals surface area contributed by atoms with Crippen LogP contribution in [0, 0.1) is 0 Å². The predicted octanol–water partition coefficient (Wildman–Crippen LogP) is 0.801. The molecule has 5 nitrogen and oxygen atoms in total. The molecule has 0 unspecified atom stereocenters. The third-order valence-corrected chi connectivity index (χ3v) is 3.01. The van der Waals surface area contributed by atoms with Crippen molar-refractivity contribution in [1.82, 2.24) is 14.9 Å². The first-order valence-electron chi connectivity index (χ1n) is 4.94. The molecule has 1 aliphatic heterocycles. The van der Waals surface area contributed by atoms with Crippen LogP contribution in [0.2, 0.25) is 0 Å². The molecule has 0 saturated heterocycles. The van der Waals surface area contributed by atoms with Crippen LogP contribution in [-0.2, 0) is 11.3 Å². The molecule has 0 bridgehead atoms. The number of amides is 1. The lowest BCUT2D eigenvalue weighted by atomic mass is 10.3. The molecule has 86 valence electrons. The van der Waals surface area contributed by atoms with Gasteiger partial charge in [-0.3, -0.25) is 4.79 Å². The molecule has 0 radical (unpaired) electrons. The van der Waals surface area contributed by atoms with Gasteiger partial charge >= 0.3 is 0 Å². The van der Waals surface area contributed by atoms with E-state index in [1.807, 2.05) is 6.26 Å². The van der Waals surface area contributed by atoms with Gasteiger partial charge in [0.15, 0.2) is 5.16 Å². The predicted molar refractivity (Wildman–Crippen MR) is 60.4 cm³/mol. The zero-order valence-corrected chi connectivity index (χ0v) is 10.1. The Hall–Kier alpha value is -1.14. The summed E-state index contributed by atoms with van der Waals surface area (Å²) in [5.74, 6) is -0.000275. The minimum absolute atomic E-state index is 0.000275. The average molecular weight is 239 g/mol. The van der Waals surface area contributed by atoms with E-state index in [-0.39, 0.29) is 5.91 Å². The number of ether oxygens (including phenoxy) is 1. The maximum atomic E-state index is 11.9. The van der Waals surface area contributed by atoms with Gasteiger partial charge in [-0.1, -0.05) is 11.8 Å². The van der Waals surface area contributed by atoms with E-state index >= 15 is 0 Å². The number of fused-ring (bicyclic) bond motifs is 1. The Kier molecular flexibility index (Phi) is 3.40. The van der Waals surface area contributed by atoms with Crippen LogP contribution < -0.4 is 0 Å². The van der Waals surface area contributed by atoms with Gasteiger partial charge in [0, 0.05) is 19.9 Å². The van der Waals surface area contributed by atoms with Crippen molar-refractivity contribution in [2.24, 2.45) is 0 Å². The summed E-state index contributed by atoms with van der Waals surface area (Å²) in [6, 6.07) is 0. The number of hydrogen-bond donors (Lipinski definition) is 0. The highest BCUT2D eigenvalue weighted by molar-refractivity contribution is 7.98. The van der Waals surface area contributed by atoms with Crippen LogP contribution >= 0.6 is 11.8 Å². The van der Waals surface area contributed by atoms with Gasteiger partial charge in [-0.05, 0) is 6.26 Å². The number of thioether (sulfide) groups is 1. The van der Waals surface area contributed by atoms with Crippen LogP contribution in [0.1, 0.15) is 16.1 Å². The van der Waals surface area contributed by atoms with Gasteiger partial charge in [-0.15, -0.1) is 0 Å². The summed E-state index contributed by atoms with van der Waals surface area (Å²) in [5, 5.41) is 0.708. The molecule has 6 heteroatoms. The van der Waals surface area contributed by atoms with Crippen LogP contribution in [0.4, 0.5) is 0 Å². The number of aromatic nitrogens is 2. The summed E-state index contributed by atoms with van der Waals surface area (Å²) in [4.78, 5) is 22.1. The first-order chi connectivity index (χ1) is 7.76. The van der Waals surface area contributed by atoms with Crippen molar-refractivity contribution >= 4 is 17.7 Å². The molecular formula is C10H13N3O2S. The maximum absolute atomic E-state index is 11.9. The number of nitrogens with zero attached hydrogens (tertiary/aromatic N) is 3. The van der Waals surface area contributed by atoms with Crippen molar-refractivity contribution < 1.29 is 9.53 Å². The monoisotopic (exact) mass is 239 g/mol. The first-order valence-corrected chi connectivity index (χ1v) is 6.17. The highest BCUT2D eigenvalue weighted by Crippen LogP contribution is 2.21. The van der Waals surface area contributed by atoms with E-state index in [1.165, 1.54) is 11.8 Å². The number of rotatable bonds is 4. The molecular weight excluding hydrogens is 226 g/mol. The summed E-state index contributed by atoms with van der Waals surface area (Å²) >= 11 is 1.48. The third-order valence-electron chi connectivity index (χ3n) is 2.45. The van der Waals surface area contributed by atoms with Crippen molar-refractivity contribution in [3.63, 3.8) is 0 Å².